The van der Waals surface area contributed by atoms with E-state index in [0.29, 0.717) is 26.3 Å². The minimum absolute atomic E-state index is 0.480. The number of ether oxygens (including phenoxy) is 2. The van der Waals surface area contributed by atoms with Crippen LogP contribution in [0.3, 0.4) is 0 Å². The van der Waals surface area contributed by atoms with E-state index in [1.807, 2.05) is 0 Å². The Kier molecular flexibility index (Phi) is 8.36. The van der Waals surface area contributed by atoms with Gasteiger partial charge in [0.05, 0.1) is 25.9 Å². The van der Waals surface area contributed by atoms with Gasteiger partial charge in [0.1, 0.15) is 0 Å². The average Bonchev–Trinajstić information content (AvgIpc) is 2.96. The maximum absolute atomic E-state index is 10.9. The highest BCUT2D eigenvalue weighted by Gasteiger charge is 2.17. The van der Waals surface area contributed by atoms with E-state index in [1.54, 1.807) is 14.2 Å². The van der Waals surface area contributed by atoms with Crippen LogP contribution in [0, 0.1) is 7.14 Å². The minimum atomic E-state index is -0.480. The van der Waals surface area contributed by atoms with Crippen LogP contribution in [0.25, 0.3) is 21.8 Å². The molecule has 0 saturated heterocycles. The zero-order valence-corrected chi connectivity index (χ0v) is 20.5. The predicted molar refractivity (Wildman–Crippen MR) is 131 cm³/mol. The molecule has 7 heteroatoms. The second kappa shape index (κ2) is 10.5. The van der Waals surface area contributed by atoms with Crippen molar-refractivity contribution in [3.05, 3.63) is 43.5 Å². The van der Waals surface area contributed by atoms with Gasteiger partial charge in [-0.05, 0) is 81.6 Å². The summed E-state index contributed by atoms with van der Waals surface area (Å²) in [7, 11) is 3.40. The highest BCUT2D eigenvalue weighted by molar-refractivity contribution is 14.1. The second-order valence-corrected chi connectivity index (χ2v) is 9.36. The Hall–Kier alpha value is -0.460. The lowest BCUT2D eigenvalue weighted by Crippen LogP contribution is -2.38. The van der Waals surface area contributed by atoms with Gasteiger partial charge < -0.3 is 19.1 Å². The first kappa shape index (κ1) is 22.2. The van der Waals surface area contributed by atoms with Crippen molar-refractivity contribution in [1.29, 1.82) is 0 Å². The van der Waals surface area contributed by atoms with E-state index < -0.39 is 6.10 Å². The fourth-order valence-electron chi connectivity index (χ4n) is 3.55. The van der Waals surface area contributed by atoms with Gasteiger partial charge in [0.25, 0.3) is 0 Å². The number of nitrogens with zero attached hydrogens (tertiary/aromatic N) is 2. The molecule has 3 rings (SSSR count). The molecule has 28 heavy (non-hydrogen) atoms. The van der Waals surface area contributed by atoms with E-state index >= 15 is 0 Å². The zero-order chi connectivity index (χ0) is 20.1. The van der Waals surface area contributed by atoms with Gasteiger partial charge in [0, 0.05) is 62.8 Å². The van der Waals surface area contributed by atoms with E-state index in [2.05, 4.69) is 91.0 Å². The lowest BCUT2D eigenvalue weighted by atomic mass is 10.2. The quantitative estimate of drug-likeness (QED) is 0.355. The topological polar surface area (TPSA) is 46.9 Å². The standard InChI is InChI=1S/C21H26I2N2O3/c1-27-9-7-24(8-10-28-2)13-17(26)14-25-20-5-3-15(22)11-18(20)19-12-16(23)4-6-21(19)25/h3-6,11-12,17,26H,7-10,13-14H2,1-2H3/t17-/m1/s1. The predicted octanol–water partition coefficient (Wildman–Crippen LogP) is 3.96. The molecule has 1 heterocycles. The molecule has 0 amide bonds. The van der Waals surface area contributed by atoms with Gasteiger partial charge in [0.15, 0.2) is 0 Å². The van der Waals surface area contributed by atoms with E-state index in [-0.39, 0.29) is 0 Å². The lowest BCUT2D eigenvalue weighted by molar-refractivity contribution is 0.0636. The van der Waals surface area contributed by atoms with Crippen LogP contribution in [0.4, 0.5) is 0 Å². The third-order valence-corrected chi connectivity index (χ3v) is 6.22. The molecule has 5 nitrogen and oxygen atoms in total. The molecule has 0 bridgehead atoms. The summed E-state index contributed by atoms with van der Waals surface area (Å²) >= 11 is 4.71. The molecule has 0 spiro atoms. The summed E-state index contributed by atoms with van der Waals surface area (Å²) in [5.41, 5.74) is 2.33. The van der Waals surface area contributed by atoms with Crippen molar-refractivity contribution in [2.75, 3.05) is 47.1 Å². The molecule has 1 atom stereocenters. The fourth-order valence-corrected chi connectivity index (χ4v) is 4.53. The molecule has 0 saturated carbocycles. The van der Waals surface area contributed by atoms with Crippen LogP contribution in [-0.2, 0) is 16.0 Å². The number of hydrogen-bond donors (Lipinski definition) is 1. The molecule has 152 valence electrons. The van der Waals surface area contributed by atoms with Gasteiger partial charge in [-0.15, -0.1) is 0 Å². The summed E-state index contributed by atoms with van der Waals surface area (Å²) in [5, 5.41) is 13.3. The summed E-state index contributed by atoms with van der Waals surface area (Å²) in [6.07, 6.45) is -0.480. The number of methoxy groups -OCH3 is 2. The normalized spacial score (nSPS) is 13.1. The number of benzene rings is 2. The van der Waals surface area contributed by atoms with Crippen LogP contribution < -0.4 is 0 Å². The first-order valence-electron chi connectivity index (χ1n) is 9.28. The van der Waals surface area contributed by atoms with Crippen LogP contribution in [0.5, 0.6) is 0 Å². The van der Waals surface area contributed by atoms with Gasteiger partial charge in [-0.3, -0.25) is 4.90 Å². The highest BCUT2D eigenvalue weighted by atomic mass is 127. The van der Waals surface area contributed by atoms with Crippen molar-refractivity contribution in [2.24, 2.45) is 0 Å². The summed E-state index contributed by atoms with van der Waals surface area (Å²) in [5.74, 6) is 0. The van der Waals surface area contributed by atoms with Crippen LogP contribution in [0.2, 0.25) is 0 Å². The SMILES string of the molecule is COCCN(CCOC)C[C@@H](O)Cn1c2ccc(I)cc2c2cc(I)ccc21. The Morgan fingerprint density at radius 3 is 1.89 bits per heavy atom. The van der Waals surface area contributed by atoms with Crippen LogP contribution in [0.15, 0.2) is 36.4 Å². The van der Waals surface area contributed by atoms with Crippen molar-refractivity contribution in [3.63, 3.8) is 0 Å². The number of aromatic nitrogens is 1. The summed E-state index contributed by atoms with van der Waals surface area (Å²) in [6.45, 7) is 3.98. The number of aliphatic hydroxyl groups is 1. The van der Waals surface area contributed by atoms with Gasteiger partial charge >= 0.3 is 0 Å². The fraction of sp³-hybridized carbons (Fsp3) is 0.429. The van der Waals surface area contributed by atoms with Gasteiger partial charge in [-0.2, -0.15) is 0 Å². The lowest BCUT2D eigenvalue weighted by Gasteiger charge is -2.25. The highest BCUT2D eigenvalue weighted by Crippen LogP contribution is 2.31. The zero-order valence-electron chi connectivity index (χ0n) is 16.2. The minimum Gasteiger partial charge on any atom is -0.390 e. The number of halogens is 2. The maximum atomic E-state index is 10.9. The van der Waals surface area contributed by atoms with E-state index in [1.165, 1.54) is 17.9 Å². The monoisotopic (exact) mass is 608 g/mol. The van der Waals surface area contributed by atoms with Gasteiger partial charge in [0.2, 0.25) is 0 Å². The number of fused-ring (bicyclic) bond motifs is 3. The van der Waals surface area contributed by atoms with Crippen molar-refractivity contribution in [1.82, 2.24) is 9.47 Å². The van der Waals surface area contributed by atoms with Crippen LogP contribution in [0.1, 0.15) is 0 Å². The third kappa shape index (κ3) is 5.37. The van der Waals surface area contributed by atoms with E-state index in [4.69, 9.17) is 9.47 Å². The van der Waals surface area contributed by atoms with Crippen molar-refractivity contribution < 1.29 is 14.6 Å². The number of aliphatic hydroxyl groups excluding tert-OH is 1. The van der Waals surface area contributed by atoms with Crippen molar-refractivity contribution in [2.45, 2.75) is 12.6 Å². The molecule has 0 aliphatic carbocycles. The molecule has 0 fully saturated rings. The smallest absolute Gasteiger partial charge is 0.0846 e. The Morgan fingerprint density at radius 1 is 0.929 bits per heavy atom. The molecule has 1 N–H and O–H groups in total. The van der Waals surface area contributed by atoms with E-state index in [0.717, 1.165) is 24.1 Å². The largest absolute Gasteiger partial charge is 0.390 e. The molecule has 0 unspecified atom stereocenters. The Morgan fingerprint density at radius 2 is 1.43 bits per heavy atom. The Balaban J connectivity index is 1.87. The first-order chi connectivity index (χ1) is 13.5. The van der Waals surface area contributed by atoms with Crippen molar-refractivity contribution >= 4 is 67.0 Å². The molecule has 0 aliphatic heterocycles. The Bertz CT molecular complexity index is 862. The van der Waals surface area contributed by atoms with Gasteiger partial charge in [-0.25, -0.2) is 0 Å². The summed E-state index contributed by atoms with van der Waals surface area (Å²) in [4.78, 5) is 2.19. The Labute approximate surface area is 193 Å². The maximum Gasteiger partial charge on any atom is 0.0846 e. The molecule has 0 radical (unpaired) electrons. The molecule has 1 aromatic heterocycles. The van der Waals surface area contributed by atoms with Gasteiger partial charge in [-0.1, -0.05) is 0 Å². The van der Waals surface area contributed by atoms with Crippen molar-refractivity contribution in [3.8, 4) is 0 Å². The van der Waals surface area contributed by atoms with Crippen LogP contribution >= 0.6 is 45.2 Å². The molecular weight excluding hydrogens is 582 g/mol. The molecule has 2 aromatic carbocycles. The number of hydrogen-bond acceptors (Lipinski definition) is 4. The van der Waals surface area contributed by atoms with E-state index in [9.17, 15) is 5.11 Å². The second-order valence-electron chi connectivity index (χ2n) is 6.87. The molecule has 3 aromatic rings. The molecular formula is C21H26I2N2O3. The summed E-state index contributed by atoms with van der Waals surface area (Å²) < 4.78 is 15.1. The third-order valence-electron chi connectivity index (χ3n) is 4.87. The van der Waals surface area contributed by atoms with Crippen LogP contribution in [-0.4, -0.2) is 67.7 Å². The summed E-state index contributed by atoms with van der Waals surface area (Å²) in [6, 6.07) is 13.0. The first-order valence-corrected chi connectivity index (χ1v) is 11.4. The molecule has 0 aliphatic rings. The number of rotatable bonds is 10. The average molecular weight is 608 g/mol.